The van der Waals surface area contributed by atoms with Gasteiger partial charge < -0.3 is 5.73 Å². The molecular weight excluding hydrogens is 215 g/mol. The van der Waals surface area contributed by atoms with E-state index in [1.165, 1.54) is 12.1 Å². The maximum absolute atomic E-state index is 14.1. The van der Waals surface area contributed by atoms with Gasteiger partial charge in [-0.2, -0.15) is 8.78 Å². The molecule has 4 heteroatoms. The molecule has 0 unspecified atom stereocenters. The van der Waals surface area contributed by atoms with Gasteiger partial charge in [-0.25, -0.2) is 4.39 Å². The Morgan fingerprint density at radius 1 is 1.19 bits per heavy atom. The zero-order chi connectivity index (χ0) is 11.8. The summed E-state index contributed by atoms with van der Waals surface area (Å²) in [5.41, 5.74) is 3.91. The highest BCUT2D eigenvalue weighted by atomic mass is 19.3. The van der Waals surface area contributed by atoms with Crippen molar-refractivity contribution >= 4 is 0 Å². The second kappa shape index (κ2) is 3.77. The number of rotatable bonds is 2. The van der Waals surface area contributed by atoms with Crippen LogP contribution in [-0.4, -0.2) is 5.54 Å². The monoisotopic (exact) mass is 229 g/mol. The molecule has 0 aliphatic heterocycles. The molecule has 16 heavy (non-hydrogen) atoms. The lowest BCUT2D eigenvalue weighted by atomic mass is 9.86. The van der Waals surface area contributed by atoms with Crippen LogP contribution in [0.15, 0.2) is 24.3 Å². The van der Waals surface area contributed by atoms with E-state index in [4.69, 9.17) is 5.73 Å². The maximum atomic E-state index is 14.1. The fourth-order valence-corrected chi connectivity index (χ4v) is 2.29. The van der Waals surface area contributed by atoms with Crippen molar-refractivity contribution in [3.63, 3.8) is 0 Å². The highest BCUT2D eigenvalue weighted by molar-refractivity contribution is 5.26. The van der Waals surface area contributed by atoms with E-state index in [1.807, 2.05) is 0 Å². The van der Waals surface area contributed by atoms with Gasteiger partial charge in [-0.05, 0) is 25.0 Å². The lowest BCUT2D eigenvalue weighted by Crippen LogP contribution is -2.51. The van der Waals surface area contributed by atoms with E-state index in [9.17, 15) is 13.2 Å². The van der Waals surface area contributed by atoms with Gasteiger partial charge in [-0.15, -0.1) is 0 Å². The third-order valence-corrected chi connectivity index (χ3v) is 3.31. The van der Waals surface area contributed by atoms with Crippen molar-refractivity contribution in [3.8, 4) is 0 Å². The third kappa shape index (κ3) is 1.71. The zero-order valence-electron chi connectivity index (χ0n) is 8.85. The third-order valence-electron chi connectivity index (χ3n) is 3.31. The van der Waals surface area contributed by atoms with Crippen molar-refractivity contribution in [1.29, 1.82) is 0 Å². The Kier molecular flexibility index (Phi) is 2.70. The predicted molar refractivity (Wildman–Crippen MR) is 55.7 cm³/mol. The first-order valence-corrected chi connectivity index (χ1v) is 5.38. The van der Waals surface area contributed by atoms with Crippen LogP contribution in [0.1, 0.15) is 31.2 Å². The minimum Gasteiger partial charge on any atom is -0.320 e. The molecule has 2 N–H and O–H groups in total. The van der Waals surface area contributed by atoms with Crippen LogP contribution in [-0.2, 0) is 5.92 Å². The molecule has 2 rings (SSSR count). The van der Waals surface area contributed by atoms with Gasteiger partial charge in [0.15, 0.2) is 0 Å². The fourth-order valence-electron chi connectivity index (χ4n) is 2.29. The Morgan fingerprint density at radius 2 is 1.81 bits per heavy atom. The van der Waals surface area contributed by atoms with E-state index in [-0.39, 0.29) is 18.4 Å². The molecule has 1 saturated carbocycles. The summed E-state index contributed by atoms with van der Waals surface area (Å²) in [6.45, 7) is 0. The van der Waals surface area contributed by atoms with Crippen LogP contribution in [0, 0.1) is 5.82 Å². The van der Waals surface area contributed by atoms with Crippen LogP contribution in [0.3, 0.4) is 0 Å². The molecule has 0 aromatic heterocycles. The standard InChI is InChI=1S/C12H14F3N/c13-10-5-3-4-9(8-10)12(14,15)11(16)6-1-2-7-11/h3-5,8H,1-2,6-7,16H2. The molecule has 1 nitrogen and oxygen atoms in total. The molecule has 0 bridgehead atoms. The van der Waals surface area contributed by atoms with Gasteiger partial charge in [0.25, 0.3) is 5.92 Å². The lowest BCUT2D eigenvalue weighted by Gasteiger charge is -2.33. The molecule has 1 aromatic carbocycles. The number of benzene rings is 1. The molecule has 1 aromatic rings. The average Bonchev–Trinajstić information content (AvgIpc) is 2.67. The van der Waals surface area contributed by atoms with Crippen LogP contribution in [0.2, 0.25) is 0 Å². The van der Waals surface area contributed by atoms with Crippen molar-refractivity contribution in [1.82, 2.24) is 0 Å². The van der Waals surface area contributed by atoms with E-state index in [0.717, 1.165) is 12.1 Å². The summed E-state index contributed by atoms with van der Waals surface area (Å²) in [5, 5.41) is 0. The van der Waals surface area contributed by atoms with Crippen LogP contribution < -0.4 is 5.73 Å². The SMILES string of the molecule is NC1(C(F)(F)c2cccc(F)c2)CCCC1. The number of hydrogen-bond acceptors (Lipinski definition) is 1. The Bertz CT molecular complexity index is 384. The number of alkyl halides is 2. The van der Waals surface area contributed by atoms with E-state index in [1.54, 1.807) is 0 Å². The summed E-state index contributed by atoms with van der Waals surface area (Å²) in [5.74, 6) is -3.82. The lowest BCUT2D eigenvalue weighted by molar-refractivity contribution is -0.0796. The Balaban J connectivity index is 2.37. The Labute approximate surface area is 92.5 Å². The van der Waals surface area contributed by atoms with Gasteiger partial charge in [0.2, 0.25) is 0 Å². The van der Waals surface area contributed by atoms with Gasteiger partial charge in [-0.1, -0.05) is 25.0 Å². The van der Waals surface area contributed by atoms with Crippen molar-refractivity contribution in [3.05, 3.63) is 35.6 Å². The summed E-state index contributed by atoms with van der Waals surface area (Å²) >= 11 is 0. The van der Waals surface area contributed by atoms with E-state index >= 15 is 0 Å². The fraction of sp³-hybridized carbons (Fsp3) is 0.500. The first-order chi connectivity index (χ1) is 7.46. The zero-order valence-corrected chi connectivity index (χ0v) is 8.85. The van der Waals surface area contributed by atoms with Crippen molar-refractivity contribution in [2.24, 2.45) is 5.73 Å². The molecule has 0 spiro atoms. The quantitative estimate of drug-likeness (QED) is 0.828. The van der Waals surface area contributed by atoms with Crippen molar-refractivity contribution in [2.75, 3.05) is 0 Å². The van der Waals surface area contributed by atoms with Gasteiger partial charge in [0, 0.05) is 5.56 Å². The van der Waals surface area contributed by atoms with Crippen LogP contribution in [0.25, 0.3) is 0 Å². The highest BCUT2D eigenvalue weighted by Crippen LogP contribution is 2.46. The Morgan fingerprint density at radius 3 is 2.38 bits per heavy atom. The minimum atomic E-state index is -3.16. The summed E-state index contributed by atoms with van der Waals surface area (Å²) in [6, 6.07) is 4.54. The highest BCUT2D eigenvalue weighted by Gasteiger charge is 2.53. The summed E-state index contributed by atoms with van der Waals surface area (Å²) in [6.07, 6.45) is 2.00. The normalized spacial score (nSPS) is 20.0. The van der Waals surface area contributed by atoms with Gasteiger partial charge in [-0.3, -0.25) is 0 Å². The Hall–Kier alpha value is -1.03. The molecule has 1 aliphatic carbocycles. The van der Waals surface area contributed by atoms with Crippen LogP contribution in [0.4, 0.5) is 13.2 Å². The molecule has 0 amide bonds. The largest absolute Gasteiger partial charge is 0.320 e. The second-order valence-corrected chi connectivity index (χ2v) is 4.45. The molecule has 0 radical (unpaired) electrons. The summed E-state index contributed by atoms with van der Waals surface area (Å²) in [4.78, 5) is 0. The van der Waals surface area contributed by atoms with Crippen molar-refractivity contribution < 1.29 is 13.2 Å². The molecule has 1 aliphatic rings. The first kappa shape index (κ1) is 11.5. The summed E-state index contributed by atoms with van der Waals surface area (Å²) < 4.78 is 41.2. The molecule has 0 atom stereocenters. The van der Waals surface area contributed by atoms with Crippen molar-refractivity contribution in [2.45, 2.75) is 37.1 Å². The molecular formula is C12H14F3N. The van der Waals surface area contributed by atoms with E-state index < -0.39 is 17.3 Å². The van der Waals surface area contributed by atoms with Gasteiger partial charge in [0.1, 0.15) is 5.82 Å². The molecule has 88 valence electrons. The molecule has 0 heterocycles. The number of hydrogen-bond donors (Lipinski definition) is 1. The molecule has 0 saturated heterocycles. The van der Waals surface area contributed by atoms with Crippen LogP contribution >= 0.6 is 0 Å². The minimum absolute atomic E-state index is 0.288. The smallest absolute Gasteiger partial charge is 0.290 e. The van der Waals surface area contributed by atoms with Gasteiger partial charge in [0.05, 0.1) is 5.54 Å². The van der Waals surface area contributed by atoms with Gasteiger partial charge >= 0.3 is 0 Å². The van der Waals surface area contributed by atoms with E-state index in [0.29, 0.717) is 12.8 Å². The predicted octanol–water partition coefficient (Wildman–Crippen LogP) is 3.19. The average molecular weight is 229 g/mol. The number of halogens is 3. The topological polar surface area (TPSA) is 26.0 Å². The summed E-state index contributed by atoms with van der Waals surface area (Å²) in [7, 11) is 0. The van der Waals surface area contributed by atoms with Crippen LogP contribution in [0.5, 0.6) is 0 Å². The second-order valence-electron chi connectivity index (χ2n) is 4.45. The first-order valence-electron chi connectivity index (χ1n) is 5.38. The molecule has 1 fully saturated rings. The van der Waals surface area contributed by atoms with E-state index in [2.05, 4.69) is 0 Å². The number of nitrogens with two attached hydrogens (primary N) is 1. The maximum Gasteiger partial charge on any atom is 0.290 e.